The Morgan fingerprint density at radius 2 is 1.77 bits per heavy atom. The third kappa shape index (κ3) is 4.12. The van der Waals surface area contributed by atoms with Crippen molar-refractivity contribution in [3.8, 4) is 0 Å². The molecule has 0 spiro atoms. The molecule has 1 amide bonds. The lowest BCUT2D eigenvalue weighted by atomic mass is 9.89. The van der Waals surface area contributed by atoms with Crippen molar-refractivity contribution in [2.45, 2.75) is 64.5 Å². The van der Waals surface area contributed by atoms with Gasteiger partial charge in [0.15, 0.2) is 5.82 Å². The van der Waals surface area contributed by atoms with E-state index >= 15 is 0 Å². The molecule has 0 saturated heterocycles. The molecule has 0 atom stereocenters. The molecule has 158 valence electrons. The summed E-state index contributed by atoms with van der Waals surface area (Å²) >= 11 is 5.79. The molecule has 0 aliphatic heterocycles. The fraction of sp³-hybridized carbons (Fsp3) is 0.435. The summed E-state index contributed by atoms with van der Waals surface area (Å²) in [5.74, 6) is 1.31. The van der Waals surface area contributed by atoms with Crippen molar-refractivity contribution in [1.29, 1.82) is 0 Å². The number of hydrogen-bond donors (Lipinski definition) is 0. The van der Waals surface area contributed by atoms with Crippen LogP contribution >= 0.6 is 12.2 Å². The molecule has 0 bridgehead atoms. The average molecular weight is 424 g/mol. The minimum Gasteiger partial charge on any atom is -0.308 e. The van der Waals surface area contributed by atoms with Gasteiger partial charge in [0.2, 0.25) is 10.7 Å². The van der Waals surface area contributed by atoms with Crippen LogP contribution in [-0.4, -0.2) is 31.1 Å². The molecule has 1 fully saturated rings. The van der Waals surface area contributed by atoms with Crippen LogP contribution in [-0.2, 0) is 11.3 Å². The molecule has 1 saturated carbocycles. The van der Waals surface area contributed by atoms with Crippen molar-refractivity contribution in [2.75, 3.05) is 4.90 Å². The van der Waals surface area contributed by atoms with Crippen LogP contribution in [0.2, 0.25) is 0 Å². The standard InChI is InChI=1S/C23H29N5OS/c1-18(2)27(20-13-7-4-8-14-20)21(29)17-26-23(30)28(25-15-9-10-16-25)22(24-26)19-11-5-3-6-12-19/h4,7-10,13-16,18-19H,3,5-6,11-12,17H2,1-2H3. The maximum Gasteiger partial charge on any atom is 0.249 e. The van der Waals surface area contributed by atoms with E-state index in [4.69, 9.17) is 17.3 Å². The van der Waals surface area contributed by atoms with Gasteiger partial charge in [0.25, 0.3) is 0 Å². The van der Waals surface area contributed by atoms with E-state index < -0.39 is 0 Å². The number of para-hydroxylation sites is 1. The zero-order chi connectivity index (χ0) is 21.1. The summed E-state index contributed by atoms with van der Waals surface area (Å²) < 4.78 is 6.20. The normalized spacial score (nSPS) is 14.9. The third-order valence-corrected chi connectivity index (χ3v) is 6.12. The first-order chi connectivity index (χ1) is 14.6. The first-order valence-electron chi connectivity index (χ1n) is 10.8. The highest BCUT2D eigenvalue weighted by Crippen LogP contribution is 2.32. The largest absolute Gasteiger partial charge is 0.308 e. The van der Waals surface area contributed by atoms with E-state index in [0.29, 0.717) is 10.7 Å². The van der Waals surface area contributed by atoms with Crippen molar-refractivity contribution in [3.63, 3.8) is 0 Å². The summed E-state index contributed by atoms with van der Waals surface area (Å²) in [4.78, 5) is 15.1. The monoisotopic (exact) mass is 423 g/mol. The lowest BCUT2D eigenvalue weighted by Crippen LogP contribution is -2.39. The first kappa shape index (κ1) is 20.6. The molecule has 0 radical (unpaired) electrons. The van der Waals surface area contributed by atoms with Gasteiger partial charge in [-0.25, -0.2) is 9.36 Å². The van der Waals surface area contributed by atoms with Crippen molar-refractivity contribution in [2.24, 2.45) is 0 Å². The molecule has 30 heavy (non-hydrogen) atoms. The highest BCUT2D eigenvalue weighted by molar-refractivity contribution is 7.71. The number of nitrogens with zero attached hydrogens (tertiary/aromatic N) is 5. The topological polar surface area (TPSA) is 48.0 Å². The molecular formula is C23H29N5OS. The van der Waals surface area contributed by atoms with Crippen molar-refractivity contribution in [3.05, 3.63) is 65.5 Å². The smallest absolute Gasteiger partial charge is 0.249 e. The summed E-state index contributed by atoms with van der Waals surface area (Å²) in [6, 6.07) is 13.8. The van der Waals surface area contributed by atoms with E-state index in [0.717, 1.165) is 24.4 Å². The fourth-order valence-corrected chi connectivity index (χ4v) is 4.63. The zero-order valence-electron chi connectivity index (χ0n) is 17.6. The van der Waals surface area contributed by atoms with Gasteiger partial charge in [0.1, 0.15) is 6.54 Å². The van der Waals surface area contributed by atoms with Crippen LogP contribution in [0.1, 0.15) is 57.7 Å². The summed E-state index contributed by atoms with van der Waals surface area (Å²) in [7, 11) is 0. The van der Waals surface area contributed by atoms with Gasteiger partial charge in [-0.15, -0.1) is 0 Å². The molecule has 6 nitrogen and oxygen atoms in total. The molecule has 4 rings (SSSR count). The molecule has 0 unspecified atom stereocenters. The van der Waals surface area contributed by atoms with Crippen molar-refractivity contribution < 1.29 is 4.79 Å². The summed E-state index contributed by atoms with van der Waals surface area (Å²) in [6.45, 7) is 4.17. The van der Waals surface area contributed by atoms with E-state index in [2.05, 4.69) is 0 Å². The quantitative estimate of drug-likeness (QED) is 0.523. The molecule has 2 heterocycles. The van der Waals surface area contributed by atoms with E-state index in [9.17, 15) is 4.79 Å². The first-order valence-corrected chi connectivity index (χ1v) is 11.2. The van der Waals surface area contributed by atoms with E-state index in [1.54, 1.807) is 4.68 Å². The third-order valence-electron chi connectivity index (χ3n) is 5.74. The number of anilines is 1. The van der Waals surface area contributed by atoms with Gasteiger partial charge in [0, 0.05) is 30.0 Å². The van der Waals surface area contributed by atoms with Gasteiger partial charge in [-0.3, -0.25) is 9.47 Å². The number of carbonyl (C=O) groups is 1. The van der Waals surface area contributed by atoms with Gasteiger partial charge in [-0.1, -0.05) is 37.5 Å². The van der Waals surface area contributed by atoms with Crippen LogP contribution in [0.15, 0.2) is 54.9 Å². The molecule has 7 heteroatoms. The van der Waals surface area contributed by atoms with Gasteiger partial charge in [-0.05, 0) is 63.2 Å². The lowest BCUT2D eigenvalue weighted by Gasteiger charge is -2.26. The minimum absolute atomic E-state index is 0.0142. The van der Waals surface area contributed by atoms with Gasteiger partial charge < -0.3 is 4.90 Å². The number of carbonyl (C=O) groups excluding carboxylic acids is 1. The number of hydrogen-bond acceptors (Lipinski definition) is 3. The lowest BCUT2D eigenvalue weighted by molar-refractivity contribution is -0.119. The second-order valence-electron chi connectivity index (χ2n) is 8.20. The molecule has 1 aliphatic carbocycles. The molecule has 1 aliphatic rings. The highest BCUT2D eigenvalue weighted by Gasteiger charge is 2.26. The van der Waals surface area contributed by atoms with Crippen LogP contribution in [0.25, 0.3) is 0 Å². The Morgan fingerprint density at radius 3 is 2.40 bits per heavy atom. The van der Waals surface area contributed by atoms with Crippen LogP contribution in [0.5, 0.6) is 0 Å². The molecule has 0 N–H and O–H groups in total. The summed E-state index contributed by atoms with van der Waals surface area (Å²) in [5, 5.41) is 4.87. The van der Waals surface area contributed by atoms with Crippen molar-refractivity contribution >= 4 is 23.8 Å². The Bertz CT molecular complexity index is 1030. The number of benzene rings is 1. The molecule has 3 aromatic rings. The van der Waals surface area contributed by atoms with Crippen LogP contribution in [0, 0.1) is 4.77 Å². The van der Waals surface area contributed by atoms with Gasteiger partial charge >= 0.3 is 0 Å². The van der Waals surface area contributed by atoms with Gasteiger partial charge in [-0.2, -0.15) is 5.10 Å². The SMILES string of the molecule is CC(C)N(C(=O)Cn1nc(C2CCCCC2)n(-n2cccc2)c1=S)c1ccccc1. The number of amides is 1. The Balaban J connectivity index is 1.69. The molecular weight excluding hydrogens is 394 g/mol. The number of aromatic nitrogens is 4. The van der Waals surface area contributed by atoms with E-state index in [1.165, 1.54) is 19.3 Å². The summed E-state index contributed by atoms with van der Waals surface area (Å²) in [6.07, 6.45) is 9.88. The Kier molecular flexibility index (Phi) is 6.18. The Morgan fingerprint density at radius 1 is 1.10 bits per heavy atom. The van der Waals surface area contributed by atoms with Gasteiger partial charge in [0.05, 0.1) is 0 Å². The van der Waals surface area contributed by atoms with Crippen molar-refractivity contribution in [1.82, 2.24) is 19.1 Å². The summed E-state index contributed by atoms with van der Waals surface area (Å²) in [5.41, 5.74) is 0.890. The molecule has 2 aromatic heterocycles. The van der Waals surface area contributed by atoms with Crippen LogP contribution in [0.4, 0.5) is 5.69 Å². The minimum atomic E-state index is -0.0142. The predicted molar refractivity (Wildman–Crippen MR) is 121 cm³/mol. The van der Waals surface area contributed by atoms with Crippen LogP contribution in [0.3, 0.4) is 0 Å². The Hall–Kier alpha value is -2.67. The van der Waals surface area contributed by atoms with Crippen LogP contribution < -0.4 is 4.90 Å². The zero-order valence-corrected chi connectivity index (χ0v) is 18.5. The second kappa shape index (κ2) is 9.00. The number of rotatable bonds is 6. The van der Waals surface area contributed by atoms with E-state index in [-0.39, 0.29) is 18.5 Å². The second-order valence-corrected chi connectivity index (χ2v) is 8.57. The predicted octanol–water partition coefficient (Wildman–Crippen LogP) is 5.02. The van der Waals surface area contributed by atoms with E-state index in [1.807, 2.05) is 83.0 Å². The maximum absolute atomic E-state index is 13.3. The highest BCUT2D eigenvalue weighted by atomic mass is 32.1. The molecule has 1 aromatic carbocycles. The average Bonchev–Trinajstić information content (AvgIpc) is 3.38. The fourth-order valence-electron chi connectivity index (χ4n) is 4.33. The maximum atomic E-state index is 13.3. The Labute approximate surface area is 182 Å².